The molecule has 0 bridgehead atoms. The largest absolute Gasteiger partial charge is 0.490 e. The Kier molecular flexibility index (Phi) is 11.2. The number of aliphatic carboxylic acids is 1. The number of ether oxygens (including phenoxy) is 1. The van der Waals surface area contributed by atoms with Crippen LogP contribution < -0.4 is 15.4 Å². The van der Waals surface area contributed by atoms with Crippen molar-refractivity contribution >= 4 is 46.5 Å². The zero-order valence-corrected chi connectivity index (χ0v) is 26.9. The van der Waals surface area contributed by atoms with E-state index in [0.29, 0.717) is 56.0 Å². The van der Waals surface area contributed by atoms with Gasteiger partial charge < -0.3 is 35.4 Å². The predicted octanol–water partition coefficient (Wildman–Crippen LogP) is 4.02. The van der Waals surface area contributed by atoms with Crippen molar-refractivity contribution < 1.29 is 55.7 Å². The number of carbonyl (C=O) groups excluding carboxylic acids is 2. The molecule has 2 aliphatic heterocycles. The van der Waals surface area contributed by atoms with Gasteiger partial charge in [-0.15, -0.1) is 0 Å². The molecule has 0 unspecified atom stereocenters. The van der Waals surface area contributed by atoms with Crippen LogP contribution in [0.4, 0.5) is 37.8 Å². The fourth-order valence-corrected chi connectivity index (χ4v) is 5.70. The van der Waals surface area contributed by atoms with Gasteiger partial charge in [0, 0.05) is 56.4 Å². The van der Waals surface area contributed by atoms with E-state index in [1.807, 2.05) is 0 Å². The highest BCUT2D eigenvalue weighted by molar-refractivity contribution is 6.34. The Balaban J connectivity index is 0.000000654. The van der Waals surface area contributed by atoms with Crippen molar-refractivity contribution in [2.24, 2.45) is 0 Å². The van der Waals surface area contributed by atoms with Gasteiger partial charge >= 0.3 is 12.1 Å². The van der Waals surface area contributed by atoms with Crippen LogP contribution in [0, 0.1) is 11.6 Å². The number of alkyl halides is 4. The minimum Gasteiger partial charge on any atom is -0.475 e. The van der Waals surface area contributed by atoms with Crippen molar-refractivity contribution in [3.8, 4) is 17.0 Å². The molecule has 2 amide bonds. The average Bonchev–Trinajstić information content (AvgIpc) is 3.73. The van der Waals surface area contributed by atoms with Gasteiger partial charge in [-0.1, -0.05) is 11.6 Å². The van der Waals surface area contributed by atoms with E-state index in [2.05, 4.69) is 25.3 Å². The molecular weight excluding hydrogens is 716 g/mol. The summed E-state index contributed by atoms with van der Waals surface area (Å²) in [6, 6.07) is 6.81. The summed E-state index contributed by atoms with van der Waals surface area (Å²) in [6.45, 7) is 0.548. The molecule has 0 radical (unpaired) electrons. The number of aliphatic hydroxyl groups is 1. The van der Waals surface area contributed by atoms with Gasteiger partial charge in [0.05, 0.1) is 34.6 Å². The van der Waals surface area contributed by atoms with Gasteiger partial charge in [0.25, 0.3) is 5.91 Å². The first-order valence-corrected chi connectivity index (χ1v) is 15.4. The lowest BCUT2D eigenvalue weighted by atomic mass is 10.1. The fraction of sp³-hybridized carbons (Fsp3) is 0.323. The van der Waals surface area contributed by atoms with Gasteiger partial charge in [-0.25, -0.2) is 23.5 Å². The number of aromatic nitrogens is 3. The summed E-state index contributed by atoms with van der Waals surface area (Å²) in [4.78, 5) is 46.8. The number of anilines is 2. The standard InChI is InChI=1S/C29H27ClF3N7O4.C2HF3O2/c30-20-11-16(1-2-18(20)28(42)38-7-9-39(10-8-38)29(43)21-12-17(41)13-35-21)37-26-27-36-14-22(40(27)6-5-34-26)19-3-4-23(44-15-31)25(33)24(19)32;3-2(4,5)1(6)7/h1-6,11,14,17,21,35,41H,7-10,12-13,15H2,(H,34,37);(H,6,7)/t17-,21+;/m1./s1. The third kappa shape index (κ3) is 8.26. The molecule has 51 heavy (non-hydrogen) atoms. The number of halogens is 7. The fourth-order valence-electron chi connectivity index (χ4n) is 5.44. The molecule has 2 fully saturated rings. The van der Waals surface area contributed by atoms with E-state index in [1.165, 1.54) is 29.1 Å². The maximum Gasteiger partial charge on any atom is 0.490 e. The smallest absolute Gasteiger partial charge is 0.475 e. The summed E-state index contributed by atoms with van der Waals surface area (Å²) in [6.07, 6.45) is -0.904. The van der Waals surface area contributed by atoms with Crippen molar-refractivity contribution in [1.29, 1.82) is 0 Å². The number of piperazine rings is 1. The molecule has 2 saturated heterocycles. The summed E-state index contributed by atoms with van der Waals surface area (Å²) in [5.74, 6) is -5.88. The van der Waals surface area contributed by atoms with E-state index < -0.39 is 48.5 Å². The van der Waals surface area contributed by atoms with Crippen LogP contribution in [0.2, 0.25) is 5.02 Å². The Morgan fingerprint density at radius 2 is 1.73 bits per heavy atom. The molecule has 2 aliphatic rings. The number of aliphatic hydroxyl groups excluding tert-OH is 1. The first-order valence-electron chi connectivity index (χ1n) is 15.0. The highest BCUT2D eigenvalue weighted by Crippen LogP contribution is 2.32. The molecule has 4 aromatic rings. The minimum atomic E-state index is -5.08. The van der Waals surface area contributed by atoms with E-state index >= 15 is 0 Å². The molecule has 6 rings (SSSR count). The number of benzene rings is 2. The first-order chi connectivity index (χ1) is 24.2. The summed E-state index contributed by atoms with van der Waals surface area (Å²) in [5.41, 5.74) is 1.22. The van der Waals surface area contributed by atoms with Crippen molar-refractivity contribution in [2.45, 2.75) is 24.7 Å². The van der Waals surface area contributed by atoms with Crippen molar-refractivity contribution in [3.63, 3.8) is 0 Å². The molecule has 2 aromatic carbocycles. The third-order valence-electron chi connectivity index (χ3n) is 7.95. The molecule has 2 atom stereocenters. The lowest BCUT2D eigenvalue weighted by molar-refractivity contribution is -0.192. The van der Waals surface area contributed by atoms with Crippen LogP contribution in [0.3, 0.4) is 0 Å². The zero-order valence-electron chi connectivity index (χ0n) is 26.1. The highest BCUT2D eigenvalue weighted by Gasteiger charge is 2.38. The Bertz CT molecular complexity index is 1940. The number of hydrogen-bond donors (Lipinski definition) is 4. The Hall–Kier alpha value is -5.14. The van der Waals surface area contributed by atoms with Crippen molar-refractivity contribution in [1.82, 2.24) is 29.5 Å². The minimum absolute atomic E-state index is 0.0753. The van der Waals surface area contributed by atoms with Crippen LogP contribution in [-0.2, 0) is 9.59 Å². The molecular formula is C31H28ClF6N7O6. The average molecular weight is 744 g/mol. The van der Waals surface area contributed by atoms with Gasteiger partial charge in [-0.05, 0) is 36.8 Å². The van der Waals surface area contributed by atoms with Crippen LogP contribution >= 0.6 is 11.6 Å². The Morgan fingerprint density at radius 1 is 1.04 bits per heavy atom. The molecule has 0 aliphatic carbocycles. The lowest BCUT2D eigenvalue weighted by Gasteiger charge is -2.36. The molecule has 13 nitrogen and oxygen atoms in total. The number of nitrogens with one attached hydrogen (secondary N) is 2. The van der Waals surface area contributed by atoms with Crippen LogP contribution in [0.1, 0.15) is 16.8 Å². The maximum absolute atomic E-state index is 14.8. The normalized spacial score (nSPS) is 17.6. The van der Waals surface area contributed by atoms with Gasteiger partial charge in [0.2, 0.25) is 18.6 Å². The molecule has 272 valence electrons. The first kappa shape index (κ1) is 37.1. The van der Waals surface area contributed by atoms with Crippen molar-refractivity contribution in [2.75, 3.05) is 44.9 Å². The molecule has 20 heteroatoms. The number of β-amino-alcohol motifs (C(OH)–C–C–N with tert-alkyl or cyclic N) is 1. The Morgan fingerprint density at radius 3 is 2.33 bits per heavy atom. The molecule has 0 spiro atoms. The van der Waals surface area contributed by atoms with E-state index in [9.17, 15) is 41.0 Å². The van der Waals surface area contributed by atoms with E-state index in [1.54, 1.807) is 28.0 Å². The second-order valence-electron chi connectivity index (χ2n) is 11.2. The Labute approximate surface area is 289 Å². The summed E-state index contributed by atoms with van der Waals surface area (Å²) >= 11 is 6.52. The summed E-state index contributed by atoms with van der Waals surface area (Å²) < 4.78 is 79.4. The second kappa shape index (κ2) is 15.4. The number of carboxylic acid groups (broad SMARTS) is 1. The van der Waals surface area contributed by atoms with Gasteiger partial charge in [-0.3, -0.25) is 14.0 Å². The van der Waals surface area contributed by atoms with Gasteiger partial charge in [0.15, 0.2) is 23.0 Å². The van der Waals surface area contributed by atoms with Crippen LogP contribution in [0.15, 0.2) is 48.9 Å². The van der Waals surface area contributed by atoms with Gasteiger partial charge in [-0.2, -0.15) is 17.6 Å². The van der Waals surface area contributed by atoms with E-state index in [0.717, 1.165) is 6.07 Å². The number of amides is 2. The number of carboxylic acids is 1. The number of fused-ring (bicyclic) bond motifs is 1. The summed E-state index contributed by atoms with van der Waals surface area (Å²) in [7, 11) is 0. The monoisotopic (exact) mass is 743 g/mol. The number of imidazole rings is 1. The number of rotatable bonds is 7. The molecule has 4 heterocycles. The van der Waals surface area contributed by atoms with Crippen LogP contribution in [0.5, 0.6) is 5.75 Å². The van der Waals surface area contributed by atoms with E-state index in [-0.39, 0.29) is 33.9 Å². The third-order valence-corrected chi connectivity index (χ3v) is 8.26. The lowest BCUT2D eigenvalue weighted by Crippen LogP contribution is -2.54. The molecule has 0 saturated carbocycles. The van der Waals surface area contributed by atoms with Crippen molar-refractivity contribution in [3.05, 3.63) is 71.1 Å². The quantitative estimate of drug-likeness (QED) is 0.204. The van der Waals surface area contributed by atoms with E-state index in [4.69, 9.17) is 21.5 Å². The molecule has 4 N–H and O–H groups in total. The maximum atomic E-state index is 14.8. The number of hydrogen-bond acceptors (Lipinski definition) is 9. The topological polar surface area (TPSA) is 162 Å². The van der Waals surface area contributed by atoms with Gasteiger partial charge in [0.1, 0.15) is 0 Å². The number of nitrogens with zero attached hydrogens (tertiary/aromatic N) is 5. The predicted molar refractivity (Wildman–Crippen MR) is 168 cm³/mol. The zero-order chi connectivity index (χ0) is 37.0. The second-order valence-corrected chi connectivity index (χ2v) is 11.6. The van der Waals surface area contributed by atoms with Crippen LogP contribution in [-0.4, -0.2) is 110 Å². The molecule has 2 aromatic heterocycles. The SMILES string of the molecule is O=C(O)C(F)(F)F.O=C(c1ccc(Nc2nccn3c(-c4ccc(OCF)c(F)c4F)cnc23)cc1Cl)N1CCN(C(=O)[C@@H]2C[C@@H](O)CN2)CC1. The highest BCUT2D eigenvalue weighted by atomic mass is 35.5. The van der Waals surface area contributed by atoms with Crippen LogP contribution in [0.25, 0.3) is 16.9 Å². The number of carbonyl (C=O) groups is 3. The summed E-state index contributed by atoms with van der Waals surface area (Å²) in [5, 5.41) is 23.1.